The van der Waals surface area contributed by atoms with Crippen LogP contribution in [0.5, 0.6) is 11.5 Å². The van der Waals surface area contributed by atoms with Crippen LogP contribution in [0.4, 0.5) is 0 Å². The average Bonchev–Trinajstić information content (AvgIpc) is 2.83. The van der Waals surface area contributed by atoms with E-state index in [4.69, 9.17) is 9.47 Å². The Balaban J connectivity index is 1.89. The van der Waals surface area contributed by atoms with Gasteiger partial charge in [-0.3, -0.25) is 0 Å². The summed E-state index contributed by atoms with van der Waals surface area (Å²) < 4.78 is 12.5. The number of nitrogens with zero attached hydrogens (tertiary/aromatic N) is 3. The van der Waals surface area contributed by atoms with Gasteiger partial charge in [-0.25, -0.2) is 9.67 Å². The van der Waals surface area contributed by atoms with E-state index in [1.807, 2.05) is 24.3 Å². The standard InChI is InChI=1S/C11H13N3O2/c1-15-10-4-2-3-5-11(10)16-7-6-14-9-12-8-13-14/h2-5,8-9H,6-7H2,1H3. The molecule has 0 spiro atoms. The Kier molecular flexibility index (Phi) is 3.38. The zero-order valence-electron chi connectivity index (χ0n) is 9.04. The maximum atomic E-state index is 5.59. The molecule has 16 heavy (non-hydrogen) atoms. The van der Waals surface area contributed by atoms with Crippen molar-refractivity contribution in [1.29, 1.82) is 0 Å². The summed E-state index contributed by atoms with van der Waals surface area (Å²) in [6.07, 6.45) is 3.16. The molecule has 84 valence electrons. The lowest BCUT2D eigenvalue weighted by Crippen LogP contribution is -2.08. The first-order chi connectivity index (χ1) is 7.90. The normalized spacial score (nSPS) is 10.1. The minimum absolute atomic E-state index is 0.531. The molecule has 0 bridgehead atoms. The average molecular weight is 219 g/mol. The molecule has 0 fully saturated rings. The highest BCUT2D eigenvalue weighted by molar-refractivity contribution is 5.39. The molecule has 5 nitrogen and oxygen atoms in total. The highest BCUT2D eigenvalue weighted by Gasteiger charge is 2.01. The summed E-state index contributed by atoms with van der Waals surface area (Å²) in [4.78, 5) is 3.85. The topological polar surface area (TPSA) is 49.2 Å². The van der Waals surface area contributed by atoms with Gasteiger partial charge in [-0.1, -0.05) is 12.1 Å². The molecule has 1 aromatic carbocycles. The summed E-state index contributed by atoms with van der Waals surface area (Å²) in [5.41, 5.74) is 0. The monoisotopic (exact) mass is 219 g/mol. The van der Waals surface area contributed by atoms with Crippen molar-refractivity contribution in [2.24, 2.45) is 0 Å². The van der Waals surface area contributed by atoms with E-state index in [-0.39, 0.29) is 0 Å². The van der Waals surface area contributed by atoms with Crippen LogP contribution in [0.2, 0.25) is 0 Å². The van der Waals surface area contributed by atoms with E-state index >= 15 is 0 Å². The van der Waals surface area contributed by atoms with Crippen LogP contribution < -0.4 is 9.47 Å². The highest BCUT2D eigenvalue weighted by atomic mass is 16.5. The predicted molar refractivity (Wildman–Crippen MR) is 58.5 cm³/mol. The molecule has 0 aliphatic heterocycles. The molecule has 0 saturated carbocycles. The van der Waals surface area contributed by atoms with Gasteiger partial charge >= 0.3 is 0 Å². The Morgan fingerprint density at radius 1 is 1.25 bits per heavy atom. The Morgan fingerprint density at radius 3 is 2.75 bits per heavy atom. The summed E-state index contributed by atoms with van der Waals surface area (Å²) in [6, 6.07) is 7.56. The van der Waals surface area contributed by atoms with Gasteiger partial charge in [0.15, 0.2) is 11.5 Å². The molecular weight excluding hydrogens is 206 g/mol. The smallest absolute Gasteiger partial charge is 0.161 e. The molecule has 0 aliphatic rings. The van der Waals surface area contributed by atoms with Crippen molar-refractivity contribution in [3.05, 3.63) is 36.9 Å². The van der Waals surface area contributed by atoms with Gasteiger partial charge in [-0.2, -0.15) is 5.10 Å². The number of benzene rings is 1. The Hall–Kier alpha value is -2.04. The molecule has 2 rings (SSSR count). The number of hydrogen-bond acceptors (Lipinski definition) is 4. The molecular formula is C11H13N3O2. The lowest BCUT2D eigenvalue weighted by atomic mass is 10.3. The highest BCUT2D eigenvalue weighted by Crippen LogP contribution is 2.25. The SMILES string of the molecule is COc1ccccc1OCCn1cncn1. The van der Waals surface area contributed by atoms with E-state index in [1.165, 1.54) is 6.33 Å². The molecule has 0 radical (unpaired) electrons. The third kappa shape index (κ3) is 2.50. The van der Waals surface area contributed by atoms with Gasteiger partial charge in [-0.15, -0.1) is 0 Å². The maximum Gasteiger partial charge on any atom is 0.161 e. The lowest BCUT2D eigenvalue weighted by molar-refractivity contribution is 0.274. The van der Waals surface area contributed by atoms with Crippen LogP contribution in [0.25, 0.3) is 0 Å². The van der Waals surface area contributed by atoms with Crippen molar-refractivity contribution in [1.82, 2.24) is 14.8 Å². The van der Waals surface area contributed by atoms with Gasteiger partial charge < -0.3 is 9.47 Å². The number of aromatic nitrogens is 3. The Bertz CT molecular complexity index is 429. The van der Waals surface area contributed by atoms with E-state index in [0.29, 0.717) is 13.2 Å². The fourth-order valence-electron chi connectivity index (χ4n) is 1.34. The van der Waals surface area contributed by atoms with Crippen molar-refractivity contribution < 1.29 is 9.47 Å². The molecule has 0 unspecified atom stereocenters. The first kappa shape index (κ1) is 10.5. The maximum absolute atomic E-state index is 5.59. The minimum atomic E-state index is 0.531. The number of ether oxygens (including phenoxy) is 2. The van der Waals surface area contributed by atoms with Crippen molar-refractivity contribution in [2.45, 2.75) is 6.54 Å². The largest absolute Gasteiger partial charge is 0.493 e. The number of hydrogen-bond donors (Lipinski definition) is 0. The molecule has 1 aromatic heterocycles. The molecule has 0 atom stereocenters. The minimum Gasteiger partial charge on any atom is -0.493 e. The number of rotatable bonds is 5. The number of methoxy groups -OCH3 is 1. The van der Waals surface area contributed by atoms with Gasteiger partial charge in [0.1, 0.15) is 19.3 Å². The molecule has 0 aliphatic carbocycles. The van der Waals surface area contributed by atoms with Gasteiger partial charge in [0.05, 0.1) is 13.7 Å². The van der Waals surface area contributed by atoms with Crippen molar-refractivity contribution >= 4 is 0 Å². The van der Waals surface area contributed by atoms with Gasteiger partial charge in [0, 0.05) is 0 Å². The third-order valence-corrected chi connectivity index (χ3v) is 2.11. The van der Waals surface area contributed by atoms with E-state index in [0.717, 1.165) is 11.5 Å². The molecule has 1 heterocycles. The lowest BCUT2D eigenvalue weighted by Gasteiger charge is -2.09. The van der Waals surface area contributed by atoms with Crippen molar-refractivity contribution in [2.75, 3.05) is 13.7 Å². The van der Waals surface area contributed by atoms with Crippen LogP contribution in [-0.4, -0.2) is 28.5 Å². The summed E-state index contributed by atoms with van der Waals surface area (Å²) in [5.74, 6) is 1.48. The quantitative estimate of drug-likeness (QED) is 0.762. The fraction of sp³-hybridized carbons (Fsp3) is 0.273. The summed E-state index contributed by atoms with van der Waals surface area (Å²) in [7, 11) is 1.62. The van der Waals surface area contributed by atoms with Crippen molar-refractivity contribution in [3.63, 3.8) is 0 Å². The molecule has 0 amide bonds. The zero-order chi connectivity index (χ0) is 11.2. The second-order valence-corrected chi connectivity index (χ2v) is 3.16. The van der Waals surface area contributed by atoms with E-state index in [1.54, 1.807) is 18.1 Å². The summed E-state index contributed by atoms with van der Waals surface area (Å²) >= 11 is 0. The fourth-order valence-corrected chi connectivity index (χ4v) is 1.34. The number of para-hydroxylation sites is 2. The second-order valence-electron chi connectivity index (χ2n) is 3.16. The van der Waals surface area contributed by atoms with Gasteiger partial charge in [0.2, 0.25) is 0 Å². The summed E-state index contributed by atoms with van der Waals surface area (Å²) in [5, 5.41) is 3.98. The van der Waals surface area contributed by atoms with Crippen LogP contribution >= 0.6 is 0 Å². The second kappa shape index (κ2) is 5.16. The van der Waals surface area contributed by atoms with E-state index in [9.17, 15) is 0 Å². The van der Waals surface area contributed by atoms with Crippen LogP contribution in [-0.2, 0) is 6.54 Å². The third-order valence-electron chi connectivity index (χ3n) is 2.11. The zero-order valence-corrected chi connectivity index (χ0v) is 9.04. The van der Waals surface area contributed by atoms with Gasteiger partial charge in [-0.05, 0) is 12.1 Å². The molecule has 5 heteroatoms. The Morgan fingerprint density at radius 2 is 2.06 bits per heavy atom. The molecule has 2 aromatic rings. The first-order valence-corrected chi connectivity index (χ1v) is 4.98. The summed E-state index contributed by atoms with van der Waals surface area (Å²) in [6.45, 7) is 1.20. The van der Waals surface area contributed by atoms with Crippen LogP contribution in [0, 0.1) is 0 Å². The van der Waals surface area contributed by atoms with Gasteiger partial charge in [0.25, 0.3) is 0 Å². The molecule has 0 N–H and O–H groups in total. The Labute approximate surface area is 93.6 Å². The van der Waals surface area contributed by atoms with E-state index < -0.39 is 0 Å². The van der Waals surface area contributed by atoms with Crippen LogP contribution in [0.3, 0.4) is 0 Å². The van der Waals surface area contributed by atoms with Crippen LogP contribution in [0.15, 0.2) is 36.9 Å². The molecule has 0 saturated heterocycles. The first-order valence-electron chi connectivity index (χ1n) is 4.98. The van der Waals surface area contributed by atoms with E-state index in [2.05, 4.69) is 10.1 Å². The predicted octanol–water partition coefficient (Wildman–Crippen LogP) is 1.37. The van der Waals surface area contributed by atoms with Crippen LogP contribution in [0.1, 0.15) is 0 Å². The van der Waals surface area contributed by atoms with Crippen molar-refractivity contribution in [3.8, 4) is 11.5 Å².